The molecule has 0 atom stereocenters. The zero-order valence-electron chi connectivity index (χ0n) is 12.7. The largest absolute Gasteiger partial charge is 0.396 e. The first-order valence-corrected chi connectivity index (χ1v) is 8.39. The standard InChI is InChI=1S/C16H35NO2/c18-16-14-12-10-8-6-4-2-1-3-5-7-9-11-13-15-17-19/h17-19H,1-16H2. The number of aliphatic hydroxyl groups is 1. The summed E-state index contributed by atoms with van der Waals surface area (Å²) in [4.78, 5) is 0. The van der Waals surface area contributed by atoms with E-state index in [1.54, 1.807) is 0 Å². The molecule has 0 aromatic rings. The van der Waals surface area contributed by atoms with Gasteiger partial charge in [0.25, 0.3) is 0 Å². The first kappa shape index (κ1) is 18.9. The minimum atomic E-state index is 0.358. The Morgan fingerprint density at radius 3 is 1.11 bits per heavy atom. The Balaban J connectivity index is 2.88. The Kier molecular flexibility index (Phi) is 17.8. The van der Waals surface area contributed by atoms with Crippen molar-refractivity contribution in [3.05, 3.63) is 0 Å². The maximum atomic E-state index is 8.66. The highest BCUT2D eigenvalue weighted by Gasteiger charge is 1.94. The second-order valence-corrected chi connectivity index (χ2v) is 5.58. The van der Waals surface area contributed by atoms with Crippen LogP contribution in [0.15, 0.2) is 0 Å². The quantitative estimate of drug-likeness (QED) is 0.288. The summed E-state index contributed by atoms with van der Waals surface area (Å²) in [6, 6.07) is 0. The summed E-state index contributed by atoms with van der Waals surface area (Å²) in [5, 5.41) is 17.1. The van der Waals surface area contributed by atoms with Crippen molar-refractivity contribution < 1.29 is 10.3 Å². The van der Waals surface area contributed by atoms with Gasteiger partial charge in [-0.1, -0.05) is 77.0 Å². The van der Waals surface area contributed by atoms with Crippen molar-refractivity contribution in [1.82, 2.24) is 5.48 Å². The van der Waals surface area contributed by atoms with Crippen LogP contribution in [0.1, 0.15) is 89.9 Å². The summed E-state index contributed by atoms with van der Waals surface area (Å²) in [5.41, 5.74) is 2.20. The molecule has 0 fully saturated rings. The number of hydrogen-bond acceptors (Lipinski definition) is 3. The second kappa shape index (κ2) is 17.9. The van der Waals surface area contributed by atoms with Crippen LogP contribution in [0.3, 0.4) is 0 Å². The summed E-state index contributed by atoms with van der Waals surface area (Å²) in [5.74, 6) is 0. The Morgan fingerprint density at radius 1 is 0.474 bits per heavy atom. The Bertz CT molecular complexity index is 138. The molecular formula is C16H35NO2. The molecule has 0 unspecified atom stereocenters. The smallest absolute Gasteiger partial charge is 0.0431 e. The lowest BCUT2D eigenvalue weighted by Gasteiger charge is -2.03. The third-order valence-electron chi connectivity index (χ3n) is 3.70. The predicted octanol–water partition coefficient (Wildman–Crippen LogP) is 4.42. The lowest BCUT2D eigenvalue weighted by molar-refractivity contribution is 0.164. The molecule has 0 aromatic heterocycles. The first-order valence-electron chi connectivity index (χ1n) is 8.39. The van der Waals surface area contributed by atoms with E-state index < -0.39 is 0 Å². The minimum Gasteiger partial charge on any atom is -0.396 e. The minimum absolute atomic E-state index is 0.358. The normalized spacial score (nSPS) is 11.1. The molecule has 3 N–H and O–H groups in total. The third-order valence-corrected chi connectivity index (χ3v) is 3.70. The van der Waals surface area contributed by atoms with Crippen molar-refractivity contribution in [3.63, 3.8) is 0 Å². The van der Waals surface area contributed by atoms with Crippen LogP contribution in [0.4, 0.5) is 0 Å². The van der Waals surface area contributed by atoms with Crippen molar-refractivity contribution in [2.75, 3.05) is 13.2 Å². The fraction of sp³-hybridized carbons (Fsp3) is 1.00. The average molecular weight is 273 g/mol. The van der Waals surface area contributed by atoms with Crippen LogP contribution in [-0.4, -0.2) is 23.5 Å². The van der Waals surface area contributed by atoms with Gasteiger partial charge in [0.2, 0.25) is 0 Å². The number of hydroxylamine groups is 1. The number of hydrogen-bond donors (Lipinski definition) is 3. The molecule has 0 heterocycles. The summed E-state index contributed by atoms with van der Waals surface area (Å²) >= 11 is 0. The van der Waals surface area contributed by atoms with E-state index in [9.17, 15) is 0 Å². The van der Waals surface area contributed by atoms with Crippen LogP contribution in [0.25, 0.3) is 0 Å². The zero-order valence-corrected chi connectivity index (χ0v) is 12.7. The SMILES string of the molecule is OCCCCCCCCCCCCCCCCNO. The van der Waals surface area contributed by atoms with Gasteiger partial charge in [0, 0.05) is 13.2 Å². The van der Waals surface area contributed by atoms with Crippen LogP contribution in [-0.2, 0) is 0 Å². The van der Waals surface area contributed by atoms with Gasteiger partial charge in [0.05, 0.1) is 0 Å². The highest BCUT2D eigenvalue weighted by molar-refractivity contribution is 4.49. The van der Waals surface area contributed by atoms with E-state index in [0.717, 1.165) is 19.4 Å². The van der Waals surface area contributed by atoms with E-state index in [4.69, 9.17) is 10.3 Å². The maximum Gasteiger partial charge on any atom is 0.0431 e. The number of rotatable bonds is 16. The van der Waals surface area contributed by atoms with Crippen molar-refractivity contribution in [2.45, 2.75) is 89.9 Å². The zero-order chi connectivity index (χ0) is 14.0. The van der Waals surface area contributed by atoms with Gasteiger partial charge in [-0.25, -0.2) is 5.48 Å². The maximum absolute atomic E-state index is 8.66. The molecule has 0 aromatic carbocycles. The molecule has 0 aliphatic rings. The highest BCUT2D eigenvalue weighted by atomic mass is 16.5. The Labute approximate surface area is 119 Å². The molecule has 0 bridgehead atoms. The molecule has 19 heavy (non-hydrogen) atoms. The lowest BCUT2D eigenvalue weighted by atomic mass is 10.0. The molecule has 0 rings (SSSR count). The van der Waals surface area contributed by atoms with Crippen LogP contribution in [0, 0.1) is 0 Å². The van der Waals surface area contributed by atoms with Gasteiger partial charge in [-0.15, -0.1) is 0 Å². The fourth-order valence-corrected chi connectivity index (χ4v) is 2.44. The van der Waals surface area contributed by atoms with E-state index in [-0.39, 0.29) is 0 Å². The molecule has 0 aliphatic carbocycles. The van der Waals surface area contributed by atoms with E-state index in [1.807, 2.05) is 0 Å². The van der Waals surface area contributed by atoms with Gasteiger partial charge in [0.15, 0.2) is 0 Å². The summed E-state index contributed by atoms with van der Waals surface area (Å²) < 4.78 is 0. The van der Waals surface area contributed by atoms with Gasteiger partial charge < -0.3 is 10.3 Å². The van der Waals surface area contributed by atoms with Crippen LogP contribution in [0.2, 0.25) is 0 Å². The van der Waals surface area contributed by atoms with Gasteiger partial charge >= 0.3 is 0 Å². The van der Waals surface area contributed by atoms with Crippen molar-refractivity contribution in [3.8, 4) is 0 Å². The summed E-state index contributed by atoms with van der Waals surface area (Å²) in [7, 11) is 0. The average Bonchev–Trinajstić information content (AvgIpc) is 2.43. The van der Waals surface area contributed by atoms with Gasteiger partial charge in [-0.2, -0.15) is 0 Å². The van der Waals surface area contributed by atoms with E-state index in [2.05, 4.69) is 5.48 Å². The lowest BCUT2D eigenvalue weighted by Crippen LogP contribution is -2.07. The van der Waals surface area contributed by atoms with Crippen LogP contribution >= 0.6 is 0 Å². The van der Waals surface area contributed by atoms with Gasteiger partial charge in [0.1, 0.15) is 0 Å². The van der Waals surface area contributed by atoms with E-state index in [1.165, 1.54) is 77.0 Å². The van der Waals surface area contributed by atoms with Crippen molar-refractivity contribution in [2.24, 2.45) is 0 Å². The molecule has 0 spiro atoms. The molecule has 3 heteroatoms. The number of nitrogens with one attached hydrogen (secondary N) is 1. The molecule has 0 radical (unpaired) electrons. The Hall–Kier alpha value is -0.120. The molecule has 116 valence electrons. The summed E-state index contributed by atoms with van der Waals surface area (Å²) in [6.07, 6.45) is 18.1. The van der Waals surface area contributed by atoms with E-state index >= 15 is 0 Å². The molecular weight excluding hydrogens is 238 g/mol. The molecule has 0 saturated carbocycles. The highest BCUT2D eigenvalue weighted by Crippen LogP contribution is 2.12. The molecule has 0 saturated heterocycles. The molecule has 3 nitrogen and oxygen atoms in total. The topological polar surface area (TPSA) is 52.5 Å². The van der Waals surface area contributed by atoms with Crippen molar-refractivity contribution in [1.29, 1.82) is 0 Å². The number of unbranched alkanes of at least 4 members (excludes halogenated alkanes) is 13. The molecule has 0 amide bonds. The van der Waals surface area contributed by atoms with E-state index in [0.29, 0.717) is 6.61 Å². The van der Waals surface area contributed by atoms with Crippen LogP contribution < -0.4 is 5.48 Å². The van der Waals surface area contributed by atoms with Gasteiger partial charge in [-0.05, 0) is 12.8 Å². The molecule has 0 aliphatic heterocycles. The third kappa shape index (κ3) is 17.9. The first-order chi connectivity index (χ1) is 9.41. The second-order valence-electron chi connectivity index (χ2n) is 5.58. The van der Waals surface area contributed by atoms with Crippen LogP contribution in [0.5, 0.6) is 0 Å². The number of aliphatic hydroxyl groups excluding tert-OH is 1. The fourth-order valence-electron chi connectivity index (χ4n) is 2.44. The Morgan fingerprint density at radius 2 is 0.789 bits per heavy atom. The summed E-state index contributed by atoms with van der Waals surface area (Å²) in [6.45, 7) is 1.09. The van der Waals surface area contributed by atoms with Crippen molar-refractivity contribution >= 4 is 0 Å². The predicted molar refractivity (Wildman–Crippen MR) is 81.5 cm³/mol. The van der Waals surface area contributed by atoms with Gasteiger partial charge in [-0.3, -0.25) is 0 Å². The monoisotopic (exact) mass is 273 g/mol.